The fraction of sp³-hybridized carbons (Fsp3) is 0.562. The lowest BCUT2D eigenvalue weighted by molar-refractivity contribution is -0.121. The van der Waals surface area contributed by atoms with Crippen molar-refractivity contribution >= 4 is 11.4 Å². The zero-order valence-corrected chi connectivity index (χ0v) is 14.1. The van der Waals surface area contributed by atoms with E-state index in [2.05, 4.69) is 29.2 Å². The van der Waals surface area contributed by atoms with E-state index in [1.807, 2.05) is 6.92 Å². The van der Waals surface area contributed by atoms with Gasteiger partial charge in [-0.25, -0.2) is 4.68 Å². The normalized spacial score (nSPS) is 11.3. The smallest absolute Gasteiger partial charge is 0.291 e. The third-order valence-electron chi connectivity index (χ3n) is 3.98. The Morgan fingerprint density at radius 3 is 2.78 bits per heavy atom. The summed E-state index contributed by atoms with van der Waals surface area (Å²) in [6, 6.07) is 3.53. The minimum Gasteiger partial charge on any atom is -0.354 e. The first-order valence-corrected chi connectivity index (χ1v) is 8.10. The average molecular weight is 319 g/mol. The summed E-state index contributed by atoms with van der Waals surface area (Å²) in [5.41, 5.74) is 0.283. The number of hydrogen-bond donors (Lipinski definition) is 1. The second kappa shape index (κ2) is 7.92. The Morgan fingerprint density at radius 1 is 1.35 bits per heavy atom. The highest BCUT2D eigenvalue weighted by atomic mass is 16.2. The second-order valence-electron chi connectivity index (χ2n) is 5.50. The highest BCUT2D eigenvalue weighted by molar-refractivity contribution is 5.75. The molecule has 2 aromatic heterocycles. The molecule has 7 heteroatoms. The SMILES string of the molecule is CCN(CC)CCCNC(=O)Cn1nc(C)n2cccc2c1=O. The molecule has 0 aromatic carbocycles. The Hall–Kier alpha value is -2.15. The highest BCUT2D eigenvalue weighted by Crippen LogP contribution is 2.00. The summed E-state index contributed by atoms with van der Waals surface area (Å²) in [6.07, 6.45) is 2.68. The molecular weight excluding hydrogens is 294 g/mol. The first-order valence-electron chi connectivity index (χ1n) is 8.10. The summed E-state index contributed by atoms with van der Waals surface area (Å²) in [6.45, 7) is 9.61. The average Bonchev–Trinajstić information content (AvgIpc) is 3.03. The van der Waals surface area contributed by atoms with Crippen molar-refractivity contribution < 1.29 is 4.79 Å². The Labute approximate surface area is 135 Å². The molecule has 1 N–H and O–H groups in total. The first-order chi connectivity index (χ1) is 11.1. The van der Waals surface area contributed by atoms with Crippen molar-refractivity contribution in [3.63, 3.8) is 0 Å². The van der Waals surface area contributed by atoms with Crippen LogP contribution in [0.2, 0.25) is 0 Å². The molecule has 126 valence electrons. The number of fused-ring (bicyclic) bond motifs is 1. The molecule has 2 heterocycles. The molecule has 0 aliphatic rings. The number of carbonyl (C=O) groups excluding carboxylic acids is 1. The number of aromatic nitrogens is 3. The molecule has 0 bridgehead atoms. The largest absolute Gasteiger partial charge is 0.354 e. The van der Waals surface area contributed by atoms with Crippen LogP contribution >= 0.6 is 0 Å². The standard InChI is InChI=1S/C16H25N5O2/c1-4-19(5-2)10-7-9-17-15(22)12-21-16(23)14-8-6-11-20(14)13(3)18-21/h6,8,11H,4-5,7,9-10,12H2,1-3H3,(H,17,22). The fourth-order valence-electron chi connectivity index (χ4n) is 2.61. The quantitative estimate of drug-likeness (QED) is 0.725. The summed E-state index contributed by atoms with van der Waals surface area (Å²) < 4.78 is 2.95. The van der Waals surface area contributed by atoms with Gasteiger partial charge in [-0.15, -0.1) is 0 Å². The molecule has 2 aromatic rings. The Bertz CT molecular complexity index is 715. The van der Waals surface area contributed by atoms with Crippen LogP contribution in [0.5, 0.6) is 0 Å². The molecular formula is C16H25N5O2. The lowest BCUT2D eigenvalue weighted by Gasteiger charge is -2.17. The molecule has 0 spiro atoms. The fourth-order valence-corrected chi connectivity index (χ4v) is 2.61. The minimum atomic E-state index is -0.251. The summed E-state index contributed by atoms with van der Waals surface area (Å²) in [5, 5.41) is 7.05. The van der Waals surface area contributed by atoms with Crippen LogP contribution in [0.25, 0.3) is 5.52 Å². The lowest BCUT2D eigenvalue weighted by Crippen LogP contribution is -2.36. The summed E-state index contributed by atoms with van der Waals surface area (Å²) in [5.74, 6) is 0.494. The zero-order valence-electron chi connectivity index (χ0n) is 14.1. The van der Waals surface area contributed by atoms with Gasteiger partial charge < -0.3 is 10.2 Å². The van der Waals surface area contributed by atoms with Gasteiger partial charge in [0.2, 0.25) is 5.91 Å². The van der Waals surface area contributed by atoms with E-state index in [-0.39, 0.29) is 18.0 Å². The lowest BCUT2D eigenvalue weighted by atomic mass is 10.3. The van der Waals surface area contributed by atoms with Gasteiger partial charge in [0.25, 0.3) is 5.56 Å². The van der Waals surface area contributed by atoms with Crippen LogP contribution in [-0.2, 0) is 11.3 Å². The Balaban J connectivity index is 1.91. The van der Waals surface area contributed by atoms with Crippen LogP contribution in [0.3, 0.4) is 0 Å². The maximum Gasteiger partial charge on any atom is 0.291 e. The van der Waals surface area contributed by atoms with Gasteiger partial charge in [-0.05, 0) is 45.1 Å². The maximum absolute atomic E-state index is 12.3. The van der Waals surface area contributed by atoms with Crippen LogP contribution in [0.15, 0.2) is 23.1 Å². The van der Waals surface area contributed by atoms with Crippen LogP contribution in [-0.4, -0.2) is 51.2 Å². The van der Waals surface area contributed by atoms with E-state index < -0.39 is 0 Å². The van der Waals surface area contributed by atoms with E-state index in [4.69, 9.17) is 0 Å². The summed E-state index contributed by atoms with van der Waals surface area (Å²) in [4.78, 5) is 26.6. The van der Waals surface area contributed by atoms with Crippen molar-refractivity contribution in [3.05, 3.63) is 34.5 Å². The predicted molar refractivity (Wildman–Crippen MR) is 89.6 cm³/mol. The van der Waals surface area contributed by atoms with Gasteiger partial charge in [0.1, 0.15) is 17.9 Å². The van der Waals surface area contributed by atoms with Gasteiger partial charge in [0.15, 0.2) is 0 Å². The van der Waals surface area contributed by atoms with Gasteiger partial charge in [-0.2, -0.15) is 5.10 Å². The third-order valence-corrected chi connectivity index (χ3v) is 3.98. The number of carbonyl (C=O) groups is 1. The molecule has 7 nitrogen and oxygen atoms in total. The molecule has 0 fully saturated rings. The van der Waals surface area contributed by atoms with Gasteiger partial charge in [0, 0.05) is 12.7 Å². The molecule has 23 heavy (non-hydrogen) atoms. The molecule has 0 saturated heterocycles. The van der Waals surface area contributed by atoms with Gasteiger partial charge >= 0.3 is 0 Å². The van der Waals surface area contributed by atoms with E-state index in [1.165, 1.54) is 4.68 Å². The minimum absolute atomic E-state index is 0.0490. The van der Waals surface area contributed by atoms with E-state index >= 15 is 0 Å². The molecule has 0 aliphatic carbocycles. The van der Waals surface area contributed by atoms with Crippen molar-refractivity contribution in [1.29, 1.82) is 0 Å². The topological polar surface area (TPSA) is 71.6 Å². The predicted octanol–water partition coefficient (Wildman–Crippen LogP) is 0.653. The van der Waals surface area contributed by atoms with Crippen LogP contribution in [0, 0.1) is 6.92 Å². The van der Waals surface area contributed by atoms with Crippen LogP contribution in [0.1, 0.15) is 26.1 Å². The molecule has 0 aliphatic heterocycles. The summed E-state index contributed by atoms with van der Waals surface area (Å²) >= 11 is 0. The number of aryl methyl sites for hydroxylation is 1. The molecule has 0 atom stereocenters. The number of nitrogens with zero attached hydrogens (tertiary/aromatic N) is 4. The van der Waals surface area contributed by atoms with Gasteiger partial charge in [-0.3, -0.25) is 14.0 Å². The monoisotopic (exact) mass is 319 g/mol. The van der Waals surface area contributed by atoms with Crippen LogP contribution < -0.4 is 10.9 Å². The number of hydrogen-bond acceptors (Lipinski definition) is 4. The number of nitrogens with one attached hydrogen (secondary N) is 1. The Kier molecular flexibility index (Phi) is 5.92. The third kappa shape index (κ3) is 4.19. The Morgan fingerprint density at radius 2 is 2.09 bits per heavy atom. The van der Waals surface area contributed by atoms with E-state index in [0.29, 0.717) is 17.9 Å². The number of amides is 1. The van der Waals surface area contributed by atoms with Crippen LogP contribution in [0.4, 0.5) is 0 Å². The molecule has 0 unspecified atom stereocenters. The first kappa shape index (κ1) is 17.2. The maximum atomic E-state index is 12.3. The van der Waals surface area contributed by atoms with Crippen molar-refractivity contribution in [3.8, 4) is 0 Å². The molecule has 2 rings (SSSR count). The van der Waals surface area contributed by atoms with Crippen molar-refractivity contribution in [1.82, 2.24) is 24.4 Å². The van der Waals surface area contributed by atoms with Gasteiger partial charge in [0.05, 0.1) is 0 Å². The highest BCUT2D eigenvalue weighted by Gasteiger charge is 2.10. The second-order valence-corrected chi connectivity index (χ2v) is 5.50. The summed E-state index contributed by atoms with van der Waals surface area (Å²) in [7, 11) is 0. The molecule has 0 radical (unpaired) electrons. The van der Waals surface area contributed by atoms with Gasteiger partial charge in [-0.1, -0.05) is 13.8 Å². The van der Waals surface area contributed by atoms with Crippen molar-refractivity contribution in [2.75, 3.05) is 26.2 Å². The molecule has 0 saturated carbocycles. The van der Waals surface area contributed by atoms with E-state index in [1.54, 1.807) is 22.7 Å². The van der Waals surface area contributed by atoms with Crippen molar-refractivity contribution in [2.45, 2.75) is 33.7 Å². The van der Waals surface area contributed by atoms with E-state index in [0.717, 1.165) is 26.1 Å². The van der Waals surface area contributed by atoms with Crippen molar-refractivity contribution in [2.24, 2.45) is 0 Å². The molecule has 1 amide bonds. The number of rotatable bonds is 8. The zero-order chi connectivity index (χ0) is 16.8. The van der Waals surface area contributed by atoms with E-state index in [9.17, 15) is 9.59 Å².